The number of benzene rings is 1. The van der Waals surface area contributed by atoms with Gasteiger partial charge in [0.1, 0.15) is 0 Å². The maximum atomic E-state index is 12.1. The average molecular weight is 433 g/mol. The molecule has 1 heterocycles. The summed E-state index contributed by atoms with van der Waals surface area (Å²) in [5.41, 5.74) is 0. The largest absolute Gasteiger partial charge is 0.379 e. The summed E-state index contributed by atoms with van der Waals surface area (Å²) in [4.78, 5) is 2.52. The van der Waals surface area contributed by atoms with Gasteiger partial charge in [-0.25, -0.2) is 13.1 Å². The number of hydrogen-bond donors (Lipinski definition) is 1. The van der Waals surface area contributed by atoms with Gasteiger partial charge in [0.15, 0.2) is 0 Å². The lowest BCUT2D eigenvalue weighted by atomic mass is 10.4. The number of morpholine rings is 1. The molecule has 0 unspecified atom stereocenters. The number of halogens is 2. The molecule has 1 aromatic rings. The number of sulfonamides is 1. The average Bonchev–Trinajstić information content (AvgIpc) is 2.40. The molecule has 0 aliphatic carbocycles. The minimum atomic E-state index is -3.40. The molecule has 0 radical (unpaired) electrons. The molecule has 8 heteroatoms. The summed E-state index contributed by atoms with van der Waals surface area (Å²) in [6.45, 7) is 4.32. The molecule has 0 amide bonds. The molecule has 1 fully saturated rings. The number of ether oxygens (including phenoxy) is 1. The molecule has 0 spiro atoms. The van der Waals surface area contributed by atoms with Crippen molar-refractivity contribution in [2.24, 2.45) is 0 Å². The molecule has 1 N–H and O–H groups in total. The molecule has 20 heavy (non-hydrogen) atoms. The second-order valence-corrected chi connectivity index (χ2v) is 7.32. The van der Waals surface area contributed by atoms with E-state index in [-0.39, 0.29) is 12.4 Å². The first-order valence-electron chi connectivity index (χ1n) is 6.13. The van der Waals surface area contributed by atoms with Crippen molar-refractivity contribution in [3.8, 4) is 0 Å². The Kier molecular flexibility index (Phi) is 7.70. The van der Waals surface area contributed by atoms with Crippen LogP contribution in [0.15, 0.2) is 29.2 Å². The highest BCUT2D eigenvalue weighted by molar-refractivity contribution is 14.1. The topological polar surface area (TPSA) is 58.6 Å². The van der Waals surface area contributed by atoms with Crippen molar-refractivity contribution >= 4 is 45.0 Å². The van der Waals surface area contributed by atoms with E-state index in [9.17, 15) is 8.42 Å². The molecule has 1 aliphatic rings. The van der Waals surface area contributed by atoms with Crippen LogP contribution in [0.2, 0.25) is 0 Å². The number of hydrogen-bond acceptors (Lipinski definition) is 4. The summed E-state index contributed by atoms with van der Waals surface area (Å²) in [7, 11) is -3.40. The fourth-order valence-corrected chi connectivity index (χ4v) is 3.70. The minimum Gasteiger partial charge on any atom is -0.379 e. The second-order valence-electron chi connectivity index (χ2n) is 4.31. The van der Waals surface area contributed by atoms with Crippen molar-refractivity contribution in [3.05, 3.63) is 27.8 Å². The van der Waals surface area contributed by atoms with Crippen molar-refractivity contribution in [3.63, 3.8) is 0 Å². The molecule has 0 saturated carbocycles. The van der Waals surface area contributed by atoms with Crippen LogP contribution in [0.3, 0.4) is 0 Å². The van der Waals surface area contributed by atoms with E-state index in [0.29, 0.717) is 18.0 Å². The Morgan fingerprint density at radius 2 is 2.00 bits per heavy atom. The monoisotopic (exact) mass is 432 g/mol. The van der Waals surface area contributed by atoms with Crippen LogP contribution in [-0.4, -0.2) is 52.7 Å². The molecule has 1 aliphatic heterocycles. The molecule has 114 valence electrons. The molecule has 2 rings (SSSR count). The zero-order valence-electron chi connectivity index (χ0n) is 10.9. The van der Waals surface area contributed by atoms with Gasteiger partial charge < -0.3 is 4.74 Å². The van der Waals surface area contributed by atoms with Crippen LogP contribution in [-0.2, 0) is 14.8 Å². The minimum absolute atomic E-state index is 0. The molecule has 0 aromatic heterocycles. The Morgan fingerprint density at radius 3 is 2.65 bits per heavy atom. The first-order valence-corrected chi connectivity index (χ1v) is 8.69. The van der Waals surface area contributed by atoms with Crippen LogP contribution in [0.25, 0.3) is 0 Å². The zero-order valence-corrected chi connectivity index (χ0v) is 14.7. The highest BCUT2D eigenvalue weighted by Crippen LogP contribution is 2.12. The van der Waals surface area contributed by atoms with E-state index >= 15 is 0 Å². The molecule has 0 atom stereocenters. The van der Waals surface area contributed by atoms with Crippen molar-refractivity contribution in [2.45, 2.75) is 4.90 Å². The van der Waals surface area contributed by atoms with Gasteiger partial charge in [0.05, 0.1) is 18.1 Å². The van der Waals surface area contributed by atoms with Crippen LogP contribution in [0.1, 0.15) is 0 Å². The predicted molar refractivity (Wildman–Crippen MR) is 88.9 cm³/mol. The number of nitrogens with zero attached hydrogens (tertiary/aromatic N) is 1. The van der Waals surface area contributed by atoms with Crippen molar-refractivity contribution in [1.82, 2.24) is 9.62 Å². The third-order valence-electron chi connectivity index (χ3n) is 2.93. The molecule has 1 aromatic carbocycles. The standard InChI is InChI=1S/C12H17IN2O3S.ClH/c13-11-2-1-3-12(10-11)19(16,17)14-4-5-15-6-8-18-9-7-15;/h1-3,10,14H,4-9H2;1H. The normalized spacial score (nSPS) is 16.6. The van der Waals surface area contributed by atoms with Gasteiger partial charge >= 0.3 is 0 Å². The summed E-state index contributed by atoms with van der Waals surface area (Å²) < 4.78 is 32.9. The first-order chi connectivity index (χ1) is 9.08. The predicted octanol–water partition coefficient (Wildman–Crippen LogP) is 1.32. The number of rotatable bonds is 5. The highest BCUT2D eigenvalue weighted by atomic mass is 127. The summed E-state index contributed by atoms with van der Waals surface area (Å²) >= 11 is 2.10. The fraction of sp³-hybridized carbons (Fsp3) is 0.500. The lowest BCUT2D eigenvalue weighted by Gasteiger charge is -2.26. The van der Waals surface area contributed by atoms with Gasteiger partial charge in [-0.15, -0.1) is 12.4 Å². The third-order valence-corrected chi connectivity index (χ3v) is 5.06. The zero-order chi connectivity index (χ0) is 13.7. The van der Waals surface area contributed by atoms with Gasteiger partial charge in [0, 0.05) is 29.7 Å². The fourth-order valence-electron chi connectivity index (χ4n) is 1.88. The summed E-state index contributed by atoms with van der Waals surface area (Å²) in [6.07, 6.45) is 0. The Labute approximate surface area is 139 Å². The van der Waals surface area contributed by atoms with E-state index in [4.69, 9.17) is 4.74 Å². The van der Waals surface area contributed by atoms with Gasteiger partial charge in [-0.2, -0.15) is 0 Å². The maximum absolute atomic E-state index is 12.1. The van der Waals surface area contributed by atoms with E-state index in [1.54, 1.807) is 18.2 Å². The summed E-state index contributed by atoms with van der Waals surface area (Å²) in [5.74, 6) is 0. The second kappa shape index (κ2) is 8.50. The molecule has 1 saturated heterocycles. The van der Waals surface area contributed by atoms with Gasteiger partial charge in [0.2, 0.25) is 10.0 Å². The van der Waals surface area contributed by atoms with Gasteiger partial charge in [0.25, 0.3) is 0 Å². The van der Waals surface area contributed by atoms with Crippen LogP contribution in [0.5, 0.6) is 0 Å². The van der Waals surface area contributed by atoms with Gasteiger partial charge in [-0.05, 0) is 40.8 Å². The van der Waals surface area contributed by atoms with Crippen molar-refractivity contribution < 1.29 is 13.2 Å². The molecule has 5 nitrogen and oxygen atoms in total. The van der Waals surface area contributed by atoms with Crippen molar-refractivity contribution in [2.75, 3.05) is 39.4 Å². The van der Waals surface area contributed by atoms with Crippen LogP contribution < -0.4 is 4.72 Å². The Hall–Kier alpha value is 0.0700. The van der Waals surface area contributed by atoms with E-state index in [2.05, 4.69) is 32.2 Å². The maximum Gasteiger partial charge on any atom is 0.240 e. The van der Waals surface area contributed by atoms with Gasteiger partial charge in [-0.1, -0.05) is 6.07 Å². The van der Waals surface area contributed by atoms with E-state index in [1.807, 2.05) is 6.07 Å². The van der Waals surface area contributed by atoms with Crippen LogP contribution in [0.4, 0.5) is 0 Å². The first kappa shape index (κ1) is 18.1. The summed E-state index contributed by atoms with van der Waals surface area (Å²) in [5, 5.41) is 0. The quantitative estimate of drug-likeness (QED) is 0.713. The van der Waals surface area contributed by atoms with E-state index in [0.717, 1.165) is 29.9 Å². The summed E-state index contributed by atoms with van der Waals surface area (Å²) in [6, 6.07) is 6.89. The third kappa shape index (κ3) is 5.45. The molecular formula is C12H18ClIN2O3S. The Bertz CT molecular complexity index is 521. The molecular weight excluding hydrogens is 415 g/mol. The lowest BCUT2D eigenvalue weighted by Crippen LogP contribution is -2.41. The lowest BCUT2D eigenvalue weighted by molar-refractivity contribution is 0.0390. The van der Waals surface area contributed by atoms with Gasteiger partial charge in [-0.3, -0.25) is 4.90 Å². The molecule has 0 bridgehead atoms. The number of nitrogens with one attached hydrogen (secondary N) is 1. The van der Waals surface area contributed by atoms with Crippen LogP contribution in [0, 0.1) is 3.57 Å². The Morgan fingerprint density at radius 1 is 1.30 bits per heavy atom. The van der Waals surface area contributed by atoms with E-state index < -0.39 is 10.0 Å². The van der Waals surface area contributed by atoms with Crippen LogP contribution >= 0.6 is 35.0 Å². The van der Waals surface area contributed by atoms with Crippen molar-refractivity contribution in [1.29, 1.82) is 0 Å². The smallest absolute Gasteiger partial charge is 0.240 e. The van der Waals surface area contributed by atoms with E-state index in [1.165, 1.54) is 0 Å². The highest BCUT2D eigenvalue weighted by Gasteiger charge is 2.15. The Balaban J connectivity index is 0.00000200. The SMILES string of the molecule is Cl.O=S(=O)(NCCN1CCOCC1)c1cccc(I)c1.